The smallest absolute Gasteiger partial charge is 0.237 e. The maximum absolute atomic E-state index is 12.6. The van der Waals surface area contributed by atoms with E-state index in [4.69, 9.17) is 4.98 Å². The molecule has 0 saturated heterocycles. The Labute approximate surface area is 177 Å². The van der Waals surface area contributed by atoms with E-state index in [0.717, 1.165) is 44.9 Å². The summed E-state index contributed by atoms with van der Waals surface area (Å²) in [7, 11) is 0. The summed E-state index contributed by atoms with van der Waals surface area (Å²) in [5, 5.41) is 3.92. The van der Waals surface area contributed by atoms with Crippen molar-refractivity contribution in [1.29, 1.82) is 0 Å². The normalized spacial score (nSPS) is 14.9. The van der Waals surface area contributed by atoms with Crippen molar-refractivity contribution >= 4 is 61.0 Å². The molecule has 7 heteroatoms. The number of hydrogen-bond donors (Lipinski definition) is 1. The lowest BCUT2D eigenvalue weighted by Gasteiger charge is -2.14. The number of hydrogen-bond acceptors (Lipinski definition) is 6. The molecule has 2 aromatic carbocycles. The first-order valence-corrected chi connectivity index (χ1v) is 11.9. The van der Waals surface area contributed by atoms with Crippen molar-refractivity contribution in [3.05, 3.63) is 48.0 Å². The Morgan fingerprint density at radius 3 is 2.79 bits per heavy atom. The minimum absolute atomic E-state index is 0.0333. The first-order valence-electron chi connectivity index (χ1n) is 9.25. The van der Waals surface area contributed by atoms with Gasteiger partial charge >= 0.3 is 0 Å². The van der Waals surface area contributed by atoms with Crippen molar-refractivity contribution < 1.29 is 4.79 Å². The van der Waals surface area contributed by atoms with Crippen LogP contribution in [0.25, 0.3) is 20.8 Å². The van der Waals surface area contributed by atoms with Crippen molar-refractivity contribution in [2.75, 3.05) is 17.6 Å². The number of aliphatic imine (C=N–C) groups is 1. The fraction of sp³-hybridized carbons (Fsp3) is 0.286. The van der Waals surface area contributed by atoms with Gasteiger partial charge in [0.05, 0.1) is 22.0 Å². The molecule has 1 aliphatic heterocycles. The zero-order valence-corrected chi connectivity index (χ0v) is 18.2. The summed E-state index contributed by atoms with van der Waals surface area (Å²) in [6, 6.07) is 14.3. The number of carbonyl (C=O) groups is 1. The van der Waals surface area contributed by atoms with Gasteiger partial charge in [0, 0.05) is 17.0 Å². The van der Waals surface area contributed by atoms with Crippen LogP contribution in [0.1, 0.15) is 18.9 Å². The van der Waals surface area contributed by atoms with Gasteiger partial charge in [0.2, 0.25) is 5.91 Å². The molecule has 2 heterocycles. The molecule has 0 saturated carbocycles. The summed E-state index contributed by atoms with van der Waals surface area (Å²) >= 11 is 5.01. The number of nitrogens with zero attached hydrogens (tertiary/aromatic N) is 2. The molecule has 1 amide bonds. The van der Waals surface area contributed by atoms with Gasteiger partial charge in [0.25, 0.3) is 0 Å². The van der Waals surface area contributed by atoms with E-state index in [-0.39, 0.29) is 11.2 Å². The van der Waals surface area contributed by atoms with Crippen LogP contribution in [0.3, 0.4) is 0 Å². The Morgan fingerprint density at radius 1 is 1.25 bits per heavy atom. The van der Waals surface area contributed by atoms with Crippen LogP contribution >= 0.6 is 34.9 Å². The molecule has 0 radical (unpaired) electrons. The van der Waals surface area contributed by atoms with Gasteiger partial charge in [-0.05, 0) is 55.3 Å². The van der Waals surface area contributed by atoms with Crippen LogP contribution in [-0.2, 0) is 4.79 Å². The number of thiazole rings is 1. The van der Waals surface area contributed by atoms with Gasteiger partial charge in [0.15, 0.2) is 0 Å². The number of rotatable bonds is 5. The van der Waals surface area contributed by atoms with Crippen molar-refractivity contribution in [3.63, 3.8) is 0 Å². The summed E-state index contributed by atoms with van der Waals surface area (Å²) in [5.74, 6) is 1.05. The number of benzene rings is 2. The van der Waals surface area contributed by atoms with E-state index in [1.54, 1.807) is 34.9 Å². The predicted molar refractivity (Wildman–Crippen MR) is 125 cm³/mol. The van der Waals surface area contributed by atoms with Gasteiger partial charge in [-0.1, -0.05) is 36.5 Å². The molecular formula is C21H21N3OS3. The highest BCUT2D eigenvalue weighted by Gasteiger charge is 2.21. The zero-order valence-electron chi connectivity index (χ0n) is 15.8. The topological polar surface area (TPSA) is 54.4 Å². The van der Waals surface area contributed by atoms with Gasteiger partial charge in [-0.25, -0.2) is 4.98 Å². The van der Waals surface area contributed by atoms with Crippen molar-refractivity contribution in [2.45, 2.75) is 25.5 Å². The Balaban J connectivity index is 1.45. The lowest BCUT2D eigenvalue weighted by Crippen LogP contribution is -2.25. The van der Waals surface area contributed by atoms with Gasteiger partial charge in [-0.3, -0.25) is 9.79 Å². The summed E-state index contributed by atoms with van der Waals surface area (Å²) in [6.07, 6.45) is 0.777. The number of aromatic nitrogens is 1. The third-order valence-electron chi connectivity index (χ3n) is 4.41. The Kier molecular flexibility index (Phi) is 6.04. The highest BCUT2D eigenvalue weighted by Crippen LogP contribution is 2.32. The highest BCUT2D eigenvalue weighted by atomic mass is 32.2. The number of anilines is 1. The zero-order chi connectivity index (χ0) is 19.5. The summed E-state index contributed by atoms with van der Waals surface area (Å²) in [4.78, 5) is 21.8. The van der Waals surface area contributed by atoms with Crippen molar-refractivity contribution in [1.82, 2.24) is 4.98 Å². The number of nitrogens with one attached hydrogen (secondary N) is 1. The minimum Gasteiger partial charge on any atom is -0.325 e. The van der Waals surface area contributed by atoms with Crippen LogP contribution in [0.15, 0.2) is 47.5 Å². The second-order valence-electron chi connectivity index (χ2n) is 6.57. The number of fused-ring (bicyclic) bond motifs is 1. The molecule has 28 heavy (non-hydrogen) atoms. The molecule has 3 aromatic rings. The molecule has 144 valence electrons. The molecule has 0 aliphatic carbocycles. The number of aryl methyl sites for hydroxylation is 1. The highest BCUT2D eigenvalue weighted by molar-refractivity contribution is 8.39. The fourth-order valence-electron chi connectivity index (χ4n) is 2.90. The number of thioether (sulfide) groups is 2. The second-order valence-corrected chi connectivity index (χ2v) is 10.1. The quantitative estimate of drug-likeness (QED) is 0.557. The van der Waals surface area contributed by atoms with Gasteiger partial charge in [0.1, 0.15) is 9.38 Å². The molecule has 0 bridgehead atoms. The Hall–Kier alpha value is -1.83. The second kappa shape index (κ2) is 8.68. The summed E-state index contributed by atoms with van der Waals surface area (Å²) < 4.78 is 2.23. The van der Waals surface area contributed by atoms with Crippen LogP contribution in [0.2, 0.25) is 0 Å². The van der Waals surface area contributed by atoms with E-state index in [9.17, 15) is 4.79 Å². The van der Waals surface area contributed by atoms with E-state index < -0.39 is 0 Å². The maximum Gasteiger partial charge on any atom is 0.237 e. The minimum atomic E-state index is -0.114. The third-order valence-corrected chi connectivity index (χ3v) is 8.04. The molecule has 4 nitrogen and oxygen atoms in total. The molecule has 1 aliphatic rings. The van der Waals surface area contributed by atoms with Gasteiger partial charge in [-0.15, -0.1) is 11.3 Å². The number of carbonyl (C=O) groups excluding carboxylic acids is 1. The van der Waals surface area contributed by atoms with Crippen LogP contribution in [-0.4, -0.2) is 32.8 Å². The molecule has 1 aromatic heterocycles. The van der Waals surface area contributed by atoms with Crippen LogP contribution < -0.4 is 5.32 Å². The molecule has 0 spiro atoms. The van der Waals surface area contributed by atoms with Crippen LogP contribution in [0.4, 0.5) is 5.69 Å². The Bertz CT molecular complexity index is 1030. The molecule has 1 unspecified atom stereocenters. The lowest BCUT2D eigenvalue weighted by atomic mass is 10.2. The monoisotopic (exact) mass is 427 g/mol. The molecular weight excluding hydrogens is 406 g/mol. The van der Waals surface area contributed by atoms with E-state index in [2.05, 4.69) is 35.4 Å². The van der Waals surface area contributed by atoms with Gasteiger partial charge in [-0.2, -0.15) is 0 Å². The molecule has 4 rings (SSSR count). The van der Waals surface area contributed by atoms with Crippen LogP contribution in [0, 0.1) is 6.92 Å². The third kappa shape index (κ3) is 4.42. The maximum atomic E-state index is 12.6. The van der Waals surface area contributed by atoms with Crippen molar-refractivity contribution in [3.8, 4) is 10.6 Å². The average molecular weight is 428 g/mol. The number of amides is 1. The SMILES string of the molecule is CCC(SC1=NCCS1)C(=O)Nc1ccc(-c2nc3ccc(C)cc3s2)cc1. The van der Waals surface area contributed by atoms with E-state index >= 15 is 0 Å². The van der Waals surface area contributed by atoms with E-state index in [1.165, 1.54) is 10.3 Å². The summed E-state index contributed by atoms with van der Waals surface area (Å²) in [6.45, 7) is 4.99. The van der Waals surface area contributed by atoms with Crippen LogP contribution in [0.5, 0.6) is 0 Å². The standard InChI is InChI=1S/C21H21N3OS3/c1-3-17(28-21-22-10-11-26-21)19(25)23-15-7-5-14(6-8-15)20-24-16-9-4-13(2)12-18(16)27-20/h4-9,12,17H,3,10-11H2,1-2H3,(H,23,25). The van der Waals surface area contributed by atoms with E-state index in [0.29, 0.717) is 0 Å². The fourth-order valence-corrected chi connectivity index (χ4v) is 6.13. The molecule has 1 N–H and O–H groups in total. The first kappa shape index (κ1) is 19.5. The van der Waals surface area contributed by atoms with Crippen molar-refractivity contribution in [2.24, 2.45) is 4.99 Å². The molecule has 0 fully saturated rings. The van der Waals surface area contributed by atoms with E-state index in [1.807, 2.05) is 31.2 Å². The Morgan fingerprint density at radius 2 is 2.07 bits per heavy atom. The summed E-state index contributed by atoms with van der Waals surface area (Å²) in [5.41, 5.74) is 4.14. The average Bonchev–Trinajstić information content (AvgIpc) is 3.35. The molecule has 1 atom stereocenters. The lowest BCUT2D eigenvalue weighted by molar-refractivity contribution is -0.115. The van der Waals surface area contributed by atoms with Gasteiger partial charge < -0.3 is 5.32 Å². The largest absolute Gasteiger partial charge is 0.325 e. The first-order chi connectivity index (χ1) is 13.6. The predicted octanol–water partition coefficient (Wildman–Crippen LogP) is 5.82.